The van der Waals surface area contributed by atoms with Gasteiger partial charge in [-0.1, -0.05) is 68.1 Å². The molecule has 1 aromatic carbocycles. The topological polar surface area (TPSA) is 61.0 Å². The summed E-state index contributed by atoms with van der Waals surface area (Å²) in [5.74, 6) is 1.89. The largest absolute Gasteiger partial charge is 0.383 e. The van der Waals surface area contributed by atoms with Crippen LogP contribution in [0.25, 0.3) is 16.3 Å². The Hall–Kier alpha value is -1.89. The van der Waals surface area contributed by atoms with E-state index in [2.05, 4.69) is 43.1 Å². The van der Waals surface area contributed by atoms with Gasteiger partial charge in [-0.05, 0) is 17.0 Å². The van der Waals surface area contributed by atoms with E-state index < -0.39 is 0 Å². The molecule has 0 radical (unpaired) electrons. The van der Waals surface area contributed by atoms with E-state index in [1.807, 2.05) is 18.2 Å². The molecule has 0 saturated carbocycles. The minimum Gasteiger partial charge on any atom is -0.383 e. The zero-order valence-corrected chi connectivity index (χ0v) is 17.1. The van der Waals surface area contributed by atoms with Crippen molar-refractivity contribution in [2.45, 2.75) is 38.1 Å². The molecule has 140 valence electrons. The average Bonchev–Trinajstić information content (AvgIpc) is 3.04. The second-order valence-electron chi connectivity index (χ2n) is 7.00. The highest BCUT2D eigenvalue weighted by molar-refractivity contribution is 7.99. The summed E-state index contributed by atoms with van der Waals surface area (Å²) < 4.78 is 5.99. The normalized spacial score (nSPS) is 17.1. The maximum Gasteiger partial charge on any atom is 0.191 e. The molecule has 27 heavy (non-hydrogen) atoms. The van der Waals surface area contributed by atoms with Gasteiger partial charge in [-0.3, -0.25) is 0 Å². The van der Waals surface area contributed by atoms with Crippen LogP contribution in [0.2, 0.25) is 0 Å². The van der Waals surface area contributed by atoms with E-state index in [1.165, 1.54) is 16.0 Å². The van der Waals surface area contributed by atoms with Crippen LogP contribution in [0.5, 0.6) is 0 Å². The number of thioether (sulfide) groups is 1. The van der Waals surface area contributed by atoms with E-state index in [1.54, 1.807) is 23.1 Å². The Morgan fingerprint density at radius 2 is 2.11 bits per heavy atom. The fourth-order valence-corrected chi connectivity index (χ4v) is 5.10. The molecule has 1 aliphatic heterocycles. The molecular formula is C21H23N3OS2. The highest BCUT2D eigenvalue weighted by atomic mass is 32.2. The standard InChI is InChI=1S/C21H23N3OS2/c1-13(2)16-11-15-17(12-25-16)27-20-18(15)19(22)23-21(24-20)26-10-6-9-14-7-4-3-5-8-14/h3-9,13,16H,10-12H2,1-2H3,(H2,22,23,24)/b9-6-/t16-/m0/s1. The van der Waals surface area contributed by atoms with Gasteiger partial charge in [0.25, 0.3) is 0 Å². The molecule has 2 N–H and O–H groups in total. The number of benzene rings is 1. The van der Waals surface area contributed by atoms with Crippen LogP contribution >= 0.6 is 23.1 Å². The molecule has 0 spiro atoms. The first-order valence-electron chi connectivity index (χ1n) is 9.15. The van der Waals surface area contributed by atoms with Crippen LogP contribution in [0.3, 0.4) is 0 Å². The summed E-state index contributed by atoms with van der Waals surface area (Å²) in [5, 5.41) is 1.77. The molecule has 1 atom stereocenters. The lowest BCUT2D eigenvalue weighted by Crippen LogP contribution is -2.26. The summed E-state index contributed by atoms with van der Waals surface area (Å²) in [6, 6.07) is 10.3. The Morgan fingerprint density at radius 1 is 1.30 bits per heavy atom. The van der Waals surface area contributed by atoms with Crippen LogP contribution in [0.4, 0.5) is 5.82 Å². The lowest BCUT2D eigenvalue weighted by atomic mass is 9.96. The summed E-state index contributed by atoms with van der Waals surface area (Å²) >= 11 is 3.30. The highest BCUT2D eigenvalue weighted by Gasteiger charge is 2.27. The Morgan fingerprint density at radius 3 is 2.89 bits per heavy atom. The van der Waals surface area contributed by atoms with Crippen molar-refractivity contribution in [2.24, 2.45) is 5.92 Å². The molecule has 2 aromatic heterocycles. The van der Waals surface area contributed by atoms with Gasteiger partial charge in [0.2, 0.25) is 0 Å². The number of rotatable bonds is 5. The van der Waals surface area contributed by atoms with Crippen molar-refractivity contribution in [3.05, 3.63) is 52.4 Å². The first-order chi connectivity index (χ1) is 13.1. The summed E-state index contributed by atoms with van der Waals surface area (Å²) in [7, 11) is 0. The molecule has 0 fully saturated rings. The molecule has 3 heterocycles. The number of thiophene rings is 1. The van der Waals surface area contributed by atoms with Gasteiger partial charge in [0.15, 0.2) is 5.16 Å². The summed E-state index contributed by atoms with van der Waals surface area (Å²) in [6.07, 6.45) is 5.38. The first kappa shape index (κ1) is 18.5. The van der Waals surface area contributed by atoms with Crippen molar-refractivity contribution in [2.75, 3.05) is 11.5 Å². The lowest BCUT2D eigenvalue weighted by Gasteiger charge is -2.26. The van der Waals surface area contributed by atoms with Crippen LogP contribution < -0.4 is 5.73 Å². The molecular weight excluding hydrogens is 374 g/mol. The van der Waals surface area contributed by atoms with E-state index in [0.717, 1.165) is 27.5 Å². The van der Waals surface area contributed by atoms with Gasteiger partial charge in [-0.15, -0.1) is 11.3 Å². The molecule has 0 amide bonds. The van der Waals surface area contributed by atoms with E-state index in [9.17, 15) is 0 Å². The molecule has 0 saturated heterocycles. The number of hydrogen-bond donors (Lipinski definition) is 1. The van der Waals surface area contributed by atoms with Crippen molar-refractivity contribution in [3.63, 3.8) is 0 Å². The number of hydrogen-bond acceptors (Lipinski definition) is 6. The zero-order valence-electron chi connectivity index (χ0n) is 15.5. The predicted molar refractivity (Wildman–Crippen MR) is 115 cm³/mol. The van der Waals surface area contributed by atoms with Crippen molar-refractivity contribution < 1.29 is 4.74 Å². The number of anilines is 1. The van der Waals surface area contributed by atoms with Crippen LogP contribution in [-0.4, -0.2) is 21.8 Å². The summed E-state index contributed by atoms with van der Waals surface area (Å²) in [6.45, 7) is 5.05. The number of nitrogens with zero attached hydrogens (tertiary/aromatic N) is 2. The van der Waals surface area contributed by atoms with E-state index in [0.29, 0.717) is 18.3 Å². The van der Waals surface area contributed by atoms with Crippen LogP contribution in [0.15, 0.2) is 41.6 Å². The molecule has 1 aliphatic rings. The SMILES string of the molecule is CC(C)[C@@H]1Cc2c(sc3nc(SC/C=C\c4ccccc4)nc(N)c23)CO1. The van der Waals surface area contributed by atoms with Gasteiger partial charge in [0.1, 0.15) is 10.6 Å². The zero-order chi connectivity index (χ0) is 18.8. The number of nitrogens with two attached hydrogens (primary N) is 1. The van der Waals surface area contributed by atoms with Gasteiger partial charge in [0.05, 0.1) is 18.1 Å². The maximum absolute atomic E-state index is 6.33. The molecule has 3 aromatic rings. The quantitative estimate of drug-likeness (QED) is 0.475. The van der Waals surface area contributed by atoms with Gasteiger partial charge in [0, 0.05) is 17.1 Å². The minimum absolute atomic E-state index is 0.242. The Kier molecular flexibility index (Phi) is 5.48. The predicted octanol–water partition coefficient (Wildman–Crippen LogP) is 5.18. The molecule has 4 nitrogen and oxygen atoms in total. The molecule has 0 aliphatic carbocycles. The van der Waals surface area contributed by atoms with Gasteiger partial charge < -0.3 is 10.5 Å². The monoisotopic (exact) mass is 397 g/mol. The van der Waals surface area contributed by atoms with Gasteiger partial charge in [-0.2, -0.15) is 0 Å². The number of fused-ring (bicyclic) bond motifs is 3. The van der Waals surface area contributed by atoms with E-state index in [4.69, 9.17) is 15.5 Å². The first-order valence-corrected chi connectivity index (χ1v) is 11.0. The summed E-state index contributed by atoms with van der Waals surface area (Å²) in [4.78, 5) is 11.5. The maximum atomic E-state index is 6.33. The highest BCUT2D eigenvalue weighted by Crippen LogP contribution is 2.39. The van der Waals surface area contributed by atoms with Gasteiger partial charge in [-0.25, -0.2) is 9.97 Å². The van der Waals surface area contributed by atoms with Crippen LogP contribution in [-0.2, 0) is 17.8 Å². The third-order valence-electron chi connectivity index (χ3n) is 4.74. The number of ether oxygens (including phenoxy) is 1. The van der Waals surface area contributed by atoms with Crippen molar-refractivity contribution in [3.8, 4) is 0 Å². The fraction of sp³-hybridized carbons (Fsp3) is 0.333. The summed E-state index contributed by atoms with van der Waals surface area (Å²) in [5.41, 5.74) is 8.81. The molecule has 0 bridgehead atoms. The number of nitrogen functional groups attached to an aromatic ring is 1. The fourth-order valence-electron chi connectivity index (χ4n) is 3.25. The third kappa shape index (κ3) is 4.03. The third-order valence-corrected chi connectivity index (χ3v) is 6.64. The lowest BCUT2D eigenvalue weighted by molar-refractivity contribution is 0.00203. The Bertz CT molecular complexity index is 966. The van der Waals surface area contributed by atoms with Crippen molar-refractivity contribution >= 4 is 45.2 Å². The Balaban J connectivity index is 1.52. The smallest absolute Gasteiger partial charge is 0.191 e. The molecule has 0 unspecified atom stereocenters. The molecule has 4 rings (SSSR count). The second kappa shape index (κ2) is 8.00. The van der Waals surface area contributed by atoms with Crippen LogP contribution in [0.1, 0.15) is 29.9 Å². The van der Waals surface area contributed by atoms with Crippen molar-refractivity contribution in [1.29, 1.82) is 0 Å². The molecule has 6 heteroatoms. The second-order valence-corrected chi connectivity index (χ2v) is 9.07. The van der Waals surface area contributed by atoms with Crippen LogP contribution in [0, 0.1) is 5.92 Å². The van der Waals surface area contributed by atoms with E-state index in [-0.39, 0.29) is 6.10 Å². The van der Waals surface area contributed by atoms with Crippen molar-refractivity contribution in [1.82, 2.24) is 9.97 Å². The average molecular weight is 398 g/mol. The Labute approximate surface area is 167 Å². The minimum atomic E-state index is 0.242. The van der Waals surface area contributed by atoms with E-state index >= 15 is 0 Å². The number of aromatic nitrogens is 2. The van der Waals surface area contributed by atoms with Gasteiger partial charge >= 0.3 is 0 Å².